The molecule has 346 valence electrons. The van der Waals surface area contributed by atoms with Crippen LogP contribution in [0.4, 0.5) is 10.5 Å². The maximum absolute atomic E-state index is 15.2. The number of methoxy groups -OCH3 is 2. The fourth-order valence-electron chi connectivity index (χ4n) is 10.1. The lowest BCUT2D eigenvalue weighted by Crippen LogP contribution is -2.70. The summed E-state index contributed by atoms with van der Waals surface area (Å²) in [7, 11) is 3.06. The third kappa shape index (κ3) is 10.0. The number of oxime groups is 1. The summed E-state index contributed by atoms with van der Waals surface area (Å²) >= 11 is 0. The van der Waals surface area contributed by atoms with Crippen molar-refractivity contribution in [2.24, 2.45) is 22.9 Å². The number of fused-ring (bicyclic) bond motifs is 3. The highest BCUT2D eigenvalue weighted by atomic mass is 16.7. The van der Waals surface area contributed by atoms with E-state index in [1.807, 2.05) is 66.4 Å². The number of benzene rings is 4. The topological polar surface area (TPSA) is 158 Å². The molecule has 1 heterocycles. The molecule has 1 fully saturated rings. The molecule has 13 heteroatoms. The van der Waals surface area contributed by atoms with E-state index in [9.17, 15) is 15.0 Å². The number of nitrogens with one attached hydrogen (secondary N) is 1. The first-order valence-electron chi connectivity index (χ1n) is 22.9. The van der Waals surface area contributed by atoms with Gasteiger partial charge in [-0.15, -0.1) is 6.58 Å². The minimum Gasteiger partial charge on any atom is -0.497 e. The first-order valence-corrected chi connectivity index (χ1v) is 22.9. The maximum atomic E-state index is 15.2. The fourth-order valence-corrected chi connectivity index (χ4v) is 10.1. The number of aliphatic hydroxyl groups is 2. The lowest BCUT2D eigenvalue weighted by molar-refractivity contribution is -0.254. The van der Waals surface area contributed by atoms with Crippen LogP contribution in [-0.2, 0) is 9.57 Å². The monoisotopic (exact) mass is 889 g/mol. The predicted molar refractivity (Wildman–Crippen MR) is 251 cm³/mol. The number of ether oxygens (including phenoxy) is 5. The lowest BCUT2D eigenvalue weighted by Gasteiger charge is -2.60. The van der Waals surface area contributed by atoms with Gasteiger partial charge in [0.15, 0.2) is 0 Å². The van der Waals surface area contributed by atoms with Crippen molar-refractivity contribution in [1.29, 1.82) is 0 Å². The van der Waals surface area contributed by atoms with Gasteiger partial charge in [-0.2, -0.15) is 0 Å². The van der Waals surface area contributed by atoms with Gasteiger partial charge in [0.25, 0.3) is 5.91 Å². The number of hydrogen-bond donors (Lipinski definition) is 3. The molecule has 2 amide bonds. The lowest BCUT2D eigenvalue weighted by atomic mass is 9.55. The van der Waals surface area contributed by atoms with E-state index < -0.39 is 23.8 Å². The molecule has 65 heavy (non-hydrogen) atoms. The number of nitrogens with zero attached hydrogens (tertiary/aromatic N) is 2. The molecule has 0 bridgehead atoms. The molecule has 1 saturated carbocycles. The van der Waals surface area contributed by atoms with E-state index in [2.05, 4.69) is 24.9 Å². The predicted octanol–water partition coefficient (Wildman–Crippen LogP) is 9.67. The Labute approximate surface area is 382 Å². The van der Waals surface area contributed by atoms with Crippen LogP contribution in [0.2, 0.25) is 0 Å². The summed E-state index contributed by atoms with van der Waals surface area (Å²) in [6, 6.07) is 23.6. The van der Waals surface area contributed by atoms with Gasteiger partial charge in [0.05, 0.1) is 38.1 Å². The number of carbonyl (C=O) groups excluding carboxylic acids is 2. The Morgan fingerprint density at radius 2 is 1.69 bits per heavy atom. The van der Waals surface area contributed by atoms with Crippen molar-refractivity contribution in [3.8, 4) is 23.0 Å². The number of unbranched alkanes of at least 4 members (excludes halogenated alkanes) is 2. The normalized spacial score (nSPS) is 22.5. The molecule has 0 radical (unpaired) electrons. The Hall–Kier alpha value is -5.89. The van der Waals surface area contributed by atoms with Gasteiger partial charge in [-0.1, -0.05) is 67.4 Å². The fraction of sp³-hybridized carbons (Fsp3) is 0.442. The molecule has 4 aromatic carbocycles. The molecule has 2 aliphatic carbocycles. The summed E-state index contributed by atoms with van der Waals surface area (Å²) in [4.78, 5) is 36.6. The summed E-state index contributed by atoms with van der Waals surface area (Å²) < 4.78 is 31.3. The molecule has 7 rings (SSSR count). The van der Waals surface area contributed by atoms with Crippen molar-refractivity contribution in [3.05, 3.63) is 114 Å². The number of anilines is 1. The van der Waals surface area contributed by atoms with E-state index in [0.29, 0.717) is 72.4 Å². The number of allylic oxidation sites excluding steroid dienone is 1. The standard InChI is InChI=1S/C52H63N3O10/c1-6-25-55(50(58)37-20-19-34-15-9-10-16-35(34)29-37)47-33-44(54-63-8-3)41-30-36(17-11-13-26-56)40(18-12-14-27-57)48-42-31-39(22-24-45(42)65-52(47,49(41)48)62-28-7-2)64-51(59)53-43-23-21-38(60-4)32-46(43)61-5/h7,9-10,15-16,19-24,29-32,36,40,47-49,56-57H,2,6,8,11-14,17-18,25-28,33H2,1,3-5H3,(H,53,59). The number of hydrogen-bond acceptors (Lipinski definition) is 11. The molecular weight excluding hydrogens is 827 g/mol. The maximum Gasteiger partial charge on any atom is 0.417 e. The molecule has 3 aliphatic rings. The molecule has 0 saturated heterocycles. The largest absolute Gasteiger partial charge is 0.497 e. The van der Waals surface area contributed by atoms with Crippen molar-refractivity contribution < 1.29 is 48.3 Å². The minimum atomic E-state index is -1.43. The van der Waals surface area contributed by atoms with Gasteiger partial charge >= 0.3 is 6.09 Å². The number of aliphatic hydroxyl groups excluding tert-OH is 2. The second-order valence-electron chi connectivity index (χ2n) is 16.8. The summed E-state index contributed by atoms with van der Waals surface area (Å²) in [5.41, 5.74) is 3.42. The van der Waals surface area contributed by atoms with Gasteiger partial charge in [-0.05, 0) is 110 Å². The van der Waals surface area contributed by atoms with Crippen molar-refractivity contribution >= 4 is 34.2 Å². The van der Waals surface area contributed by atoms with Crippen LogP contribution < -0.4 is 24.3 Å². The number of amides is 2. The van der Waals surface area contributed by atoms with Crippen LogP contribution in [0.3, 0.4) is 0 Å². The third-order valence-corrected chi connectivity index (χ3v) is 12.9. The van der Waals surface area contributed by atoms with E-state index in [-0.39, 0.29) is 49.9 Å². The highest BCUT2D eigenvalue weighted by Gasteiger charge is 2.65. The summed E-state index contributed by atoms with van der Waals surface area (Å²) in [6.45, 7) is 9.03. The summed E-state index contributed by atoms with van der Waals surface area (Å²) in [5, 5.41) is 29.5. The zero-order valence-electron chi connectivity index (χ0n) is 38.0. The molecule has 6 unspecified atom stereocenters. The van der Waals surface area contributed by atoms with Gasteiger partial charge in [0, 0.05) is 49.3 Å². The molecule has 4 aromatic rings. The third-order valence-electron chi connectivity index (χ3n) is 12.9. The number of rotatable bonds is 21. The van der Waals surface area contributed by atoms with Crippen molar-refractivity contribution in [3.63, 3.8) is 0 Å². The molecule has 6 atom stereocenters. The molecule has 0 aromatic heterocycles. The van der Waals surface area contributed by atoms with E-state index in [1.165, 1.54) is 7.11 Å². The zero-order valence-corrected chi connectivity index (χ0v) is 38.0. The first kappa shape index (κ1) is 47.1. The summed E-state index contributed by atoms with van der Waals surface area (Å²) in [6.07, 6.45) is 8.63. The summed E-state index contributed by atoms with van der Waals surface area (Å²) in [5.74, 6) is -0.560. The molecular formula is C52H63N3O10. The van der Waals surface area contributed by atoms with E-state index in [0.717, 1.165) is 47.6 Å². The molecule has 13 nitrogen and oxygen atoms in total. The van der Waals surface area contributed by atoms with Gasteiger partial charge in [-0.3, -0.25) is 10.1 Å². The quantitative estimate of drug-likeness (QED) is 0.0418. The highest BCUT2D eigenvalue weighted by Crippen LogP contribution is 2.62. The molecule has 3 N–H and O–H groups in total. The SMILES string of the molecule is C=CCOC12Oc3ccc(OC(=O)Nc4ccc(OC)cc4OC)cc3C3C(CCCCO)C(CCCCO)C=C(C(=NOCC)CC1N(CCC)C(=O)c1ccc4ccccc4c1)C32. The Morgan fingerprint density at radius 3 is 2.42 bits per heavy atom. The minimum absolute atomic E-state index is 0.0149. The average Bonchev–Trinajstić information content (AvgIpc) is 3.32. The highest BCUT2D eigenvalue weighted by molar-refractivity contribution is 6.04. The Kier molecular flexibility index (Phi) is 15.8. The van der Waals surface area contributed by atoms with Crippen LogP contribution in [0.15, 0.2) is 108 Å². The smallest absolute Gasteiger partial charge is 0.417 e. The molecule has 1 aliphatic heterocycles. The Morgan fingerprint density at radius 1 is 0.923 bits per heavy atom. The van der Waals surface area contributed by atoms with Crippen LogP contribution in [-0.4, -0.2) is 91.8 Å². The van der Waals surface area contributed by atoms with Gasteiger partial charge in [-0.25, -0.2) is 4.79 Å². The Bertz CT molecular complexity index is 2360. The first-order chi connectivity index (χ1) is 31.7. The van der Waals surface area contributed by atoms with Crippen molar-refractivity contribution in [2.75, 3.05) is 52.5 Å². The van der Waals surface area contributed by atoms with Gasteiger partial charge in [0.1, 0.15) is 35.6 Å². The number of carbonyl (C=O) groups is 2. The van der Waals surface area contributed by atoms with E-state index in [4.69, 9.17) is 33.7 Å². The van der Waals surface area contributed by atoms with Crippen LogP contribution in [0, 0.1) is 17.8 Å². The zero-order chi connectivity index (χ0) is 45.9. The van der Waals surface area contributed by atoms with Crippen LogP contribution >= 0.6 is 0 Å². The van der Waals surface area contributed by atoms with E-state index in [1.54, 1.807) is 37.5 Å². The van der Waals surface area contributed by atoms with Gasteiger partial charge in [0.2, 0.25) is 5.79 Å². The van der Waals surface area contributed by atoms with Crippen LogP contribution in [0.25, 0.3) is 10.8 Å². The van der Waals surface area contributed by atoms with Crippen molar-refractivity contribution in [2.45, 2.75) is 83.0 Å². The van der Waals surface area contributed by atoms with Gasteiger partial charge < -0.3 is 43.6 Å². The van der Waals surface area contributed by atoms with Crippen LogP contribution in [0.5, 0.6) is 23.0 Å². The Balaban J connectivity index is 1.39. The molecule has 0 spiro atoms. The van der Waals surface area contributed by atoms with E-state index >= 15 is 4.79 Å². The second-order valence-corrected chi connectivity index (χ2v) is 16.8. The van der Waals surface area contributed by atoms with Crippen LogP contribution in [0.1, 0.15) is 87.1 Å². The second kappa shape index (κ2) is 21.9. The average molecular weight is 890 g/mol. The van der Waals surface area contributed by atoms with Crippen molar-refractivity contribution in [1.82, 2.24) is 4.90 Å².